The van der Waals surface area contributed by atoms with Crippen molar-refractivity contribution in [3.05, 3.63) is 35.9 Å². The van der Waals surface area contributed by atoms with Gasteiger partial charge in [0.05, 0.1) is 18.1 Å². The number of aliphatic hydroxyl groups is 2. The van der Waals surface area contributed by atoms with Crippen molar-refractivity contribution in [1.29, 1.82) is 0 Å². The quantitative estimate of drug-likeness (QED) is 0.151. The van der Waals surface area contributed by atoms with Gasteiger partial charge in [-0.3, -0.25) is 14.4 Å². The SMILES string of the molecule is C#CCC[C@H](NC(=O)C(CC(=O)N(C)CCN(CC)CC)Cc1ccccc1)C(=O)NC(CC1CCCCC1)[C@@H](O)[C@@H](O)CCC#C. The lowest BCUT2D eigenvalue weighted by Crippen LogP contribution is -2.56. The van der Waals surface area contributed by atoms with Gasteiger partial charge in [-0.2, -0.15) is 0 Å². The number of rotatable bonds is 21. The Kier molecular flexibility index (Phi) is 18.8. The minimum Gasteiger partial charge on any atom is -0.390 e. The molecule has 1 aliphatic carbocycles. The smallest absolute Gasteiger partial charge is 0.242 e. The molecule has 0 saturated heterocycles. The average Bonchev–Trinajstić information content (AvgIpc) is 3.09. The first-order valence-corrected chi connectivity index (χ1v) is 17.5. The number of carbonyl (C=O) groups is 3. The van der Waals surface area contributed by atoms with E-state index in [4.69, 9.17) is 12.8 Å². The highest BCUT2D eigenvalue weighted by atomic mass is 16.3. The van der Waals surface area contributed by atoms with Crippen LogP contribution in [0, 0.1) is 36.5 Å². The fourth-order valence-electron chi connectivity index (χ4n) is 6.28. The van der Waals surface area contributed by atoms with E-state index in [0.717, 1.165) is 50.9 Å². The molecular formula is C38H58N4O5. The van der Waals surface area contributed by atoms with E-state index in [-0.39, 0.29) is 31.6 Å². The normalized spacial score (nSPS) is 16.6. The predicted octanol–water partition coefficient (Wildman–Crippen LogP) is 3.52. The number of nitrogens with zero attached hydrogens (tertiary/aromatic N) is 2. The molecule has 1 aliphatic rings. The minimum atomic E-state index is -1.21. The van der Waals surface area contributed by atoms with Crippen molar-refractivity contribution < 1.29 is 24.6 Å². The molecule has 0 spiro atoms. The largest absolute Gasteiger partial charge is 0.390 e. The predicted molar refractivity (Wildman–Crippen MR) is 187 cm³/mol. The third kappa shape index (κ3) is 14.5. The average molecular weight is 651 g/mol. The summed E-state index contributed by atoms with van der Waals surface area (Å²) >= 11 is 0. The third-order valence-corrected chi connectivity index (χ3v) is 9.43. The second kappa shape index (κ2) is 22.2. The monoisotopic (exact) mass is 650 g/mol. The topological polar surface area (TPSA) is 122 Å². The molecular weight excluding hydrogens is 592 g/mol. The summed E-state index contributed by atoms with van der Waals surface area (Å²) in [7, 11) is 1.75. The van der Waals surface area contributed by atoms with E-state index in [2.05, 4.69) is 41.2 Å². The summed E-state index contributed by atoms with van der Waals surface area (Å²) in [5.41, 5.74) is 0.910. The standard InChI is InChI=1S/C38H58N4O5/c1-6-10-22-32(38(47)40-33(27-30-20-16-13-17-21-30)36(45)34(43)23-11-7-2)39-37(46)31(26-29-18-14-12-15-19-29)28-35(44)41(5)24-25-42(8-3)9-4/h1-2,12,14-15,18-19,30-34,36,43,45H,8-11,13,16-17,20-28H2,3-5H3,(H,39,46)(H,40,47)/t31?,32-,33?,34-,36+/m0/s1. The van der Waals surface area contributed by atoms with E-state index in [1.807, 2.05) is 30.3 Å². The van der Waals surface area contributed by atoms with Crippen LogP contribution in [0.3, 0.4) is 0 Å². The molecule has 9 nitrogen and oxygen atoms in total. The number of aliphatic hydroxyl groups excluding tert-OH is 2. The molecule has 9 heteroatoms. The van der Waals surface area contributed by atoms with Gasteiger partial charge in [0.25, 0.3) is 0 Å². The zero-order valence-corrected chi connectivity index (χ0v) is 28.8. The molecule has 0 aromatic heterocycles. The first-order valence-electron chi connectivity index (χ1n) is 17.5. The summed E-state index contributed by atoms with van der Waals surface area (Å²) in [5, 5.41) is 27.7. The van der Waals surface area contributed by atoms with E-state index in [0.29, 0.717) is 31.7 Å². The molecule has 2 rings (SSSR count). The van der Waals surface area contributed by atoms with Gasteiger partial charge in [0.1, 0.15) is 12.1 Å². The summed E-state index contributed by atoms with van der Waals surface area (Å²) in [6.45, 7) is 7.23. The van der Waals surface area contributed by atoms with Crippen molar-refractivity contribution in [3.8, 4) is 24.7 Å². The Balaban J connectivity index is 2.24. The molecule has 2 unspecified atom stereocenters. The van der Waals surface area contributed by atoms with Crippen molar-refractivity contribution in [2.75, 3.05) is 33.2 Å². The highest BCUT2D eigenvalue weighted by molar-refractivity contribution is 5.91. The third-order valence-electron chi connectivity index (χ3n) is 9.43. The number of amides is 3. The Hall–Kier alpha value is -3.37. The zero-order chi connectivity index (χ0) is 34.6. The molecule has 0 aliphatic heterocycles. The molecule has 3 amide bonds. The molecule has 0 bridgehead atoms. The zero-order valence-electron chi connectivity index (χ0n) is 28.8. The minimum absolute atomic E-state index is 0.0106. The molecule has 1 aromatic carbocycles. The van der Waals surface area contributed by atoms with Crippen molar-refractivity contribution >= 4 is 17.7 Å². The van der Waals surface area contributed by atoms with Crippen molar-refractivity contribution in [3.63, 3.8) is 0 Å². The van der Waals surface area contributed by atoms with Gasteiger partial charge in [0.15, 0.2) is 0 Å². The van der Waals surface area contributed by atoms with Crippen LogP contribution in [-0.4, -0.2) is 95.3 Å². The Morgan fingerprint density at radius 3 is 2.17 bits per heavy atom. The molecule has 1 aromatic rings. The molecule has 0 heterocycles. The fraction of sp³-hybridized carbons (Fsp3) is 0.658. The maximum absolute atomic E-state index is 13.9. The molecule has 1 fully saturated rings. The number of hydrogen-bond donors (Lipinski definition) is 4. The Labute approximate surface area is 283 Å². The molecule has 4 N–H and O–H groups in total. The number of likely N-dealkylation sites (N-methyl/N-ethyl adjacent to an activating group) is 2. The van der Waals surface area contributed by atoms with Crippen LogP contribution < -0.4 is 10.6 Å². The van der Waals surface area contributed by atoms with Gasteiger partial charge in [-0.15, -0.1) is 24.7 Å². The molecule has 260 valence electrons. The summed E-state index contributed by atoms with van der Waals surface area (Å²) in [6.07, 6.45) is 15.8. The van der Waals surface area contributed by atoms with Gasteiger partial charge in [0.2, 0.25) is 17.7 Å². The first-order chi connectivity index (χ1) is 22.6. The second-order valence-electron chi connectivity index (χ2n) is 12.9. The van der Waals surface area contributed by atoms with Crippen LogP contribution in [-0.2, 0) is 20.8 Å². The van der Waals surface area contributed by atoms with E-state index in [1.165, 1.54) is 6.42 Å². The summed E-state index contributed by atoms with van der Waals surface area (Å²) in [6, 6.07) is 7.82. The Morgan fingerprint density at radius 2 is 1.55 bits per heavy atom. The number of terminal acetylenes is 2. The summed E-state index contributed by atoms with van der Waals surface area (Å²) in [4.78, 5) is 44.9. The molecule has 5 atom stereocenters. The summed E-state index contributed by atoms with van der Waals surface area (Å²) in [5.74, 6) is 3.61. The van der Waals surface area contributed by atoms with Gasteiger partial charge in [-0.05, 0) is 50.3 Å². The number of carbonyl (C=O) groups excluding carboxylic acids is 3. The summed E-state index contributed by atoms with van der Waals surface area (Å²) < 4.78 is 0. The van der Waals surface area contributed by atoms with Crippen LogP contribution >= 0.6 is 0 Å². The maximum atomic E-state index is 13.9. The highest BCUT2D eigenvalue weighted by Crippen LogP contribution is 2.29. The van der Waals surface area contributed by atoms with Gasteiger partial charge in [-0.1, -0.05) is 76.3 Å². The maximum Gasteiger partial charge on any atom is 0.242 e. The van der Waals surface area contributed by atoms with Gasteiger partial charge in [-0.25, -0.2) is 0 Å². The molecule has 0 radical (unpaired) electrons. The Bertz CT molecular complexity index is 1150. The van der Waals surface area contributed by atoms with Gasteiger partial charge < -0.3 is 30.6 Å². The van der Waals surface area contributed by atoms with Crippen molar-refractivity contribution in [2.24, 2.45) is 11.8 Å². The molecule has 1 saturated carbocycles. The van der Waals surface area contributed by atoms with E-state index in [9.17, 15) is 24.6 Å². The first kappa shape index (κ1) is 39.8. The van der Waals surface area contributed by atoms with Crippen molar-refractivity contribution in [1.82, 2.24) is 20.4 Å². The van der Waals surface area contributed by atoms with Crippen LogP contribution in [0.15, 0.2) is 30.3 Å². The lowest BCUT2D eigenvalue weighted by molar-refractivity contribution is -0.137. The van der Waals surface area contributed by atoms with E-state index >= 15 is 0 Å². The van der Waals surface area contributed by atoms with Crippen LogP contribution in [0.4, 0.5) is 0 Å². The fourth-order valence-corrected chi connectivity index (χ4v) is 6.28. The van der Waals surface area contributed by atoms with Crippen molar-refractivity contribution in [2.45, 2.75) is 115 Å². The van der Waals surface area contributed by atoms with E-state index in [1.54, 1.807) is 11.9 Å². The van der Waals surface area contributed by atoms with Crippen LogP contribution in [0.25, 0.3) is 0 Å². The van der Waals surface area contributed by atoms with Gasteiger partial charge in [0, 0.05) is 39.4 Å². The van der Waals surface area contributed by atoms with Gasteiger partial charge >= 0.3 is 0 Å². The number of nitrogens with one attached hydrogen (secondary N) is 2. The van der Waals surface area contributed by atoms with Crippen LogP contribution in [0.2, 0.25) is 0 Å². The second-order valence-corrected chi connectivity index (χ2v) is 12.9. The lowest BCUT2D eigenvalue weighted by atomic mass is 9.82. The molecule has 47 heavy (non-hydrogen) atoms. The van der Waals surface area contributed by atoms with Crippen LogP contribution in [0.1, 0.15) is 90.0 Å². The highest BCUT2D eigenvalue weighted by Gasteiger charge is 2.34. The Morgan fingerprint density at radius 1 is 0.915 bits per heavy atom. The van der Waals surface area contributed by atoms with Crippen LogP contribution in [0.5, 0.6) is 0 Å². The lowest BCUT2D eigenvalue weighted by Gasteiger charge is -2.33. The number of hydrogen-bond acceptors (Lipinski definition) is 6. The van der Waals surface area contributed by atoms with E-state index < -0.39 is 42.0 Å². The number of benzene rings is 1.